The van der Waals surface area contributed by atoms with Crippen LogP contribution in [0, 0.1) is 5.82 Å². The molecule has 22 heavy (non-hydrogen) atoms. The van der Waals surface area contributed by atoms with Crippen LogP contribution in [0.1, 0.15) is 17.0 Å². The van der Waals surface area contributed by atoms with Crippen LogP contribution in [-0.4, -0.2) is 20.8 Å². The van der Waals surface area contributed by atoms with Gasteiger partial charge in [-0.05, 0) is 30.7 Å². The molecule has 3 nitrogen and oxygen atoms in total. The molecular weight excluding hydrogens is 305 g/mol. The van der Waals surface area contributed by atoms with E-state index in [-0.39, 0.29) is 11.7 Å². The highest BCUT2D eigenvalue weighted by Crippen LogP contribution is 2.37. The monoisotopic (exact) mass is 323 g/mol. The summed E-state index contributed by atoms with van der Waals surface area (Å²) in [7, 11) is 3.12. The maximum absolute atomic E-state index is 14.0. The number of nitrogens with two attached hydrogens (primary N) is 1. The first-order chi connectivity index (χ1) is 10.6. The summed E-state index contributed by atoms with van der Waals surface area (Å²) < 4.78 is 24.7. The average molecular weight is 324 g/mol. The second-order valence-electron chi connectivity index (χ2n) is 4.96. The van der Waals surface area contributed by atoms with E-state index in [1.807, 2.05) is 0 Å². The molecule has 5 heteroatoms. The van der Waals surface area contributed by atoms with E-state index in [9.17, 15) is 4.39 Å². The van der Waals surface area contributed by atoms with Crippen molar-refractivity contribution in [3.8, 4) is 11.5 Å². The highest BCUT2D eigenvalue weighted by Gasteiger charge is 2.19. The Morgan fingerprint density at radius 1 is 1.18 bits per heavy atom. The molecule has 0 fully saturated rings. The number of methoxy groups -OCH3 is 2. The van der Waals surface area contributed by atoms with Gasteiger partial charge >= 0.3 is 0 Å². The molecule has 0 radical (unpaired) electrons. The zero-order chi connectivity index (χ0) is 16.1. The van der Waals surface area contributed by atoms with Gasteiger partial charge in [-0.1, -0.05) is 29.8 Å². The minimum atomic E-state index is -0.258. The molecule has 2 aromatic carbocycles. The largest absolute Gasteiger partial charge is 0.493 e. The van der Waals surface area contributed by atoms with Gasteiger partial charge in [0.15, 0.2) is 11.5 Å². The Bertz CT molecular complexity index is 649. The van der Waals surface area contributed by atoms with Crippen LogP contribution in [0.3, 0.4) is 0 Å². The first kappa shape index (κ1) is 16.6. The minimum absolute atomic E-state index is 0.168. The first-order valence-corrected chi connectivity index (χ1v) is 7.33. The van der Waals surface area contributed by atoms with Crippen molar-refractivity contribution in [2.75, 3.05) is 20.8 Å². The van der Waals surface area contributed by atoms with Crippen LogP contribution in [0.5, 0.6) is 11.5 Å². The Morgan fingerprint density at radius 2 is 1.91 bits per heavy atom. The van der Waals surface area contributed by atoms with Crippen LogP contribution in [0.4, 0.5) is 4.39 Å². The van der Waals surface area contributed by atoms with Crippen molar-refractivity contribution in [1.29, 1.82) is 0 Å². The maximum atomic E-state index is 14.0. The second-order valence-corrected chi connectivity index (χ2v) is 5.40. The molecule has 0 heterocycles. The van der Waals surface area contributed by atoms with Crippen LogP contribution >= 0.6 is 11.6 Å². The van der Waals surface area contributed by atoms with Crippen LogP contribution in [0.2, 0.25) is 5.02 Å². The van der Waals surface area contributed by atoms with Gasteiger partial charge < -0.3 is 15.2 Å². The summed E-state index contributed by atoms with van der Waals surface area (Å²) in [6.07, 6.45) is 0.511. The van der Waals surface area contributed by atoms with Gasteiger partial charge in [0.25, 0.3) is 0 Å². The van der Waals surface area contributed by atoms with E-state index in [0.29, 0.717) is 35.1 Å². The Balaban J connectivity index is 2.40. The number of ether oxygens (including phenoxy) is 2. The molecule has 0 amide bonds. The van der Waals surface area contributed by atoms with E-state index in [2.05, 4.69) is 0 Å². The van der Waals surface area contributed by atoms with E-state index in [0.717, 1.165) is 5.56 Å². The van der Waals surface area contributed by atoms with Gasteiger partial charge in [0, 0.05) is 22.6 Å². The van der Waals surface area contributed by atoms with Gasteiger partial charge in [-0.25, -0.2) is 4.39 Å². The van der Waals surface area contributed by atoms with Gasteiger partial charge in [0.2, 0.25) is 0 Å². The molecule has 0 saturated carbocycles. The third-order valence-corrected chi connectivity index (χ3v) is 3.83. The fourth-order valence-corrected chi connectivity index (χ4v) is 2.78. The smallest absolute Gasteiger partial charge is 0.164 e. The summed E-state index contributed by atoms with van der Waals surface area (Å²) in [6, 6.07) is 10.1. The van der Waals surface area contributed by atoms with Crippen molar-refractivity contribution in [3.63, 3.8) is 0 Å². The number of benzene rings is 2. The highest BCUT2D eigenvalue weighted by molar-refractivity contribution is 6.30. The van der Waals surface area contributed by atoms with Gasteiger partial charge in [0.05, 0.1) is 14.2 Å². The van der Waals surface area contributed by atoms with Crippen molar-refractivity contribution in [2.45, 2.75) is 12.3 Å². The summed E-state index contributed by atoms with van der Waals surface area (Å²) in [6.45, 7) is 0.318. The molecule has 1 unspecified atom stereocenters. The molecule has 2 aromatic rings. The summed E-state index contributed by atoms with van der Waals surface area (Å²) in [5.74, 6) is 0.722. The zero-order valence-electron chi connectivity index (χ0n) is 12.6. The Kier molecular flexibility index (Phi) is 5.63. The third-order valence-electron chi connectivity index (χ3n) is 3.62. The standard InChI is InChI=1S/C17H19ClFNO2/c1-21-16-9-13(18)8-11(17(16)22-2)7-12(10-20)14-5-3-4-6-15(14)19/h3-6,8-9,12H,7,10,20H2,1-2H3. The first-order valence-electron chi connectivity index (χ1n) is 6.95. The third kappa shape index (κ3) is 3.51. The number of rotatable bonds is 6. The molecule has 0 aliphatic carbocycles. The predicted molar refractivity (Wildman–Crippen MR) is 86.5 cm³/mol. The van der Waals surface area contributed by atoms with Crippen molar-refractivity contribution >= 4 is 11.6 Å². The molecule has 0 aromatic heterocycles. The van der Waals surface area contributed by atoms with Gasteiger partial charge in [-0.2, -0.15) is 0 Å². The van der Waals surface area contributed by atoms with Crippen molar-refractivity contribution in [3.05, 3.63) is 58.4 Å². The van der Waals surface area contributed by atoms with Gasteiger partial charge in [-0.15, -0.1) is 0 Å². The van der Waals surface area contributed by atoms with Crippen molar-refractivity contribution < 1.29 is 13.9 Å². The lowest BCUT2D eigenvalue weighted by atomic mass is 9.91. The lowest BCUT2D eigenvalue weighted by molar-refractivity contribution is 0.351. The molecule has 0 bridgehead atoms. The van der Waals surface area contributed by atoms with Crippen molar-refractivity contribution in [2.24, 2.45) is 5.73 Å². The van der Waals surface area contributed by atoms with E-state index < -0.39 is 0 Å². The maximum Gasteiger partial charge on any atom is 0.164 e. The summed E-state index contributed by atoms with van der Waals surface area (Å²) in [5.41, 5.74) is 7.28. The topological polar surface area (TPSA) is 44.5 Å². The fourth-order valence-electron chi connectivity index (χ4n) is 2.55. The van der Waals surface area contributed by atoms with E-state index in [4.69, 9.17) is 26.8 Å². The quantitative estimate of drug-likeness (QED) is 0.880. The number of hydrogen-bond donors (Lipinski definition) is 1. The Morgan fingerprint density at radius 3 is 2.50 bits per heavy atom. The van der Waals surface area contributed by atoms with Crippen LogP contribution in [0.15, 0.2) is 36.4 Å². The van der Waals surface area contributed by atoms with Crippen molar-refractivity contribution in [1.82, 2.24) is 0 Å². The zero-order valence-corrected chi connectivity index (χ0v) is 13.4. The van der Waals surface area contributed by atoms with E-state index >= 15 is 0 Å². The predicted octanol–water partition coefficient (Wildman–Crippen LogP) is 3.78. The second kappa shape index (κ2) is 7.47. The molecular formula is C17H19ClFNO2. The normalized spacial score (nSPS) is 12.0. The average Bonchev–Trinajstić information content (AvgIpc) is 2.52. The lowest BCUT2D eigenvalue weighted by Crippen LogP contribution is -2.17. The molecule has 0 spiro atoms. The molecule has 0 aliphatic rings. The SMILES string of the molecule is COc1cc(Cl)cc(CC(CN)c2ccccc2F)c1OC. The highest BCUT2D eigenvalue weighted by atomic mass is 35.5. The molecule has 2 N–H and O–H groups in total. The lowest BCUT2D eigenvalue weighted by Gasteiger charge is -2.19. The van der Waals surface area contributed by atoms with Gasteiger partial charge in [-0.3, -0.25) is 0 Å². The van der Waals surface area contributed by atoms with E-state index in [1.54, 1.807) is 44.6 Å². The Labute approximate surface area is 134 Å². The van der Waals surface area contributed by atoms with Crippen LogP contribution < -0.4 is 15.2 Å². The summed E-state index contributed by atoms with van der Waals surface area (Å²) in [5, 5.41) is 0.539. The van der Waals surface area contributed by atoms with Gasteiger partial charge in [0.1, 0.15) is 5.82 Å². The number of hydrogen-bond acceptors (Lipinski definition) is 3. The summed E-state index contributed by atoms with van der Waals surface area (Å²) in [4.78, 5) is 0. The Hall–Kier alpha value is -1.78. The number of halogens is 2. The fraction of sp³-hybridized carbons (Fsp3) is 0.294. The van der Waals surface area contributed by atoms with Crippen LogP contribution in [0.25, 0.3) is 0 Å². The molecule has 118 valence electrons. The molecule has 0 aliphatic heterocycles. The molecule has 1 atom stereocenters. The minimum Gasteiger partial charge on any atom is -0.493 e. The van der Waals surface area contributed by atoms with E-state index in [1.165, 1.54) is 6.07 Å². The van der Waals surface area contributed by atoms with Crippen LogP contribution in [-0.2, 0) is 6.42 Å². The molecule has 2 rings (SSSR count). The molecule has 0 saturated heterocycles. The summed E-state index contributed by atoms with van der Waals surface area (Å²) >= 11 is 6.12.